The Balaban J connectivity index is 1.71. The van der Waals surface area contributed by atoms with Crippen LogP contribution in [-0.2, 0) is 22.4 Å². The van der Waals surface area contributed by atoms with Gasteiger partial charge in [0.1, 0.15) is 29.9 Å². The molecule has 0 saturated heterocycles. The third kappa shape index (κ3) is 6.43. The molecule has 2 N–H and O–H groups in total. The van der Waals surface area contributed by atoms with Gasteiger partial charge >= 0.3 is 0 Å². The second kappa shape index (κ2) is 9.76. The fourth-order valence-corrected chi connectivity index (χ4v) is 3.67. The number of likely N-dealkylation sites (N-methyl/N-ethyl adjacent to an activating group) is 1. The predicted molar refractivity (Wildman–Crippen MR) is 122 cm³/mol. The molecule has 3 aromatic rings. The van der Waals surface area contributed by atoms with E-state index in [4.69, 9.17) is 0 Å². The number of nitrogens with zero attached hydrogens (tertiary/aromatic N) is 4. The minimum absolute atomic E-state index is 0.00688. The molecule has 0 spiro atoms. The third-order valence-corrected chi connectivity index (χ3v) is 5.30. The Morgan fingerprint density at radius 3 is 2.42 bits per heavy atom. The number of carbonyl (C=O) groups excluding carboxylic acids is 1. The molecule has 1 aromatic heterocycles. The summed E-state index contributed by atoms with van der Waals surface area (Å²) >= 11 is 0. The lowest BCUT2D eigenvalue weighted by molar-refractivity contribution is -0.118. The molecular formula is C24H29F2N5O2. The maximum atomic E-state index is 14.5. The zero-order valence-corrected chi connectivity index (χ0v) is 19.2. The normalized spacial score (nSPS) is 13.7. The number of amides is 1. The van der Waals surface area contributed by atoms with Gasteiger partial charge in [-0.05, 0) is 36.2 Å². The molecule has 0 aliphatic carbocycles. The third-order valence-electron chi connectivity index (χ3n) is 5.30. The molecule has 0 fully saturated rings. The van der Waals surface area contributed by atoms with Crippen molar-refractivity contribution in [1.29, 1.82) is 0 Å². The Kier molecular flexibility index (Phi) is 7.24. The van der Waals surface area contributed by atoms with Crippen LogP contribution in [0.3, 0.4) is 0 Å². The van der Waals surface area contributed by atoms with Gasteiger partial charge in [-0.3, -0.25) is 9.69 Å². The standard InChI is InChI=1S/C24H29F2N5O2/c1-23(2,3)17-5-8-19(9-6-17)29-22(32)12-30(4)13-24(33,14-31-16-27-15-28-31)20-10-7-18(25)11-21(20)26/h5-11,15-16,33H,12-14H2,1-4H3,(H,29,32). The van der Waals surface area contributed by atoms with E-state index in [9.17, 15) is 18.7 Å². The van der Waals surface area contributed by atoms with Crippen LogP contribution in [0.1, 0.15) is 31.9 Å². The molecule has 1 unspecified atom stereocenters. The largest absolute Gasteiger partial charge is 0.382 e. The number of carbonyl (C=O) groups is 1. The summed E-state index contributed by atoms with van der Waals surface area (Å²) in [4.78, 5) is 18.0. The molecule has 1 amide bonds. The molecule has 0 aliphatic rings. The average Bonchev–Trinajstić information content (AvgIpc) is 3.19. The molecule has 0 aliphatic heterocycles. The van der Waals surface area contributed by atoms with Crippen molar-refractivity contribution >= 4 is 11.6 Å². The van der Waals surface area contributed by atoms with Gasteiger partial charge in [-0.25, -0.2) is 18.4 Å². The van der Waals surface area contributed by atoms with Crippen LogP contribution in [0.15, 0.2) is 55.1 Å². The molecular weight excluding hydrogens is 428 g/mol. The highest BCUT2D eigenvalue weighted by atomic mass is 19.1. The summed E-state index contributed by atoms with van der Waals surface area (Å²) in [5.41, 5.74) is -0.0627. The summed E-state index contributed by atoms with van der Waals surface area (Å²) in [5, 5.41) is 18.2. The zero-order chi connectivity index (χ0) is 24.2. The first-order valence-corrected chi connectivity index (χ1v) is 10.6. The minimum Gasteiger partial charge on any atom is -0.382 e. The quantitative estimate of drug-likeness (QED) is 0.542. The number of anilines is 1. The minimum atomic E-state index is -1.78. The van der Waals surface area contributed by atoms with Gasteiger partial charge in [0.15, 0.2) is 0 Å². The predicted octanol–water partition coefficient (Wildman–Crippen LogP) is 3.31. The van der Waals surface area contributed by atoms with Crippen LogP contribution in [0.4, 0.5) is 14.5 Å². The number of rotatable bonds is 8. The smallest absolute Gasteiger partial charge is 0.238 e. The zero-order valence-electron chi connectivity index (χ0n) is 19.2. The molecule has 1 atom stereocenters. The fraction of sp³-hybridized carbons (Fsp3) is 0.375. The summed E-state index contributed by atoms with van der Waals surface area (Å²) in [6, 6.07) is 10.6. The molecule has 0 radical (unpaired) electrons. The van der Waals surface area contributed by atoms with E-state index < -0.39 is 17.2 Å². The van der Waals surface area contributed by atoms with Crippen LogP contribution >= 0.6 is 0 Å². The van der Waals surface area contributed by atoms with Gasteiger partial charge < -0.3 is 10.4 Å². The van der Waals surface area contributed by atoms with Crippen LogP contribution < -0.4 is 5.32 Å². The lowest BCUT2D eigenvalue weighted by Gasteiger charge is -2.33. The Morgan fingerprint density at radius 1 is 1.15 bits per heavy atom. The van der Waals surface area contributed by atoms with Gasteiger partial charge in [0.2, 0.25) is 5.91 Å². The summed E-state index contributed by atoms with van der Waals surface area (Å²) in [7, 11) is 1.63. The van der Waals surface area contributed by atoms with E-state index in [0.717, 1.165) is 17.7 Å². The van der Waals surface area contributed by atoms with E-state index in [1.165, 1.54) is 23.4 Å². The summed E-state index contributed by atoms with van der Waals surface area (Å²) in [6.07, 6.45) is 2.68. The number of nitrogens with one attached hydrogen (secondary N) is 1. The monoisotopic (exact) mass is 457 g/mol. The fourth-order valence-electron chi connectivity index (χ4n) is 3.67. The van der Waals surface area contributed by atoms with Gasteiger partial charge in [-0.1, -0.05) is 39.0 Å². The Hall–Kier alpha value is -3.17. The van der Waals surface area contributed by atoms with Crippen LogP contribution in [-0.4, -0.2) is 50.8 Å². The van der Waals surface area contributed by atoms with Gasteiger partial charge in [-0.2, -0.15) is 5.10 Å². The second-order valence-corrected chi connectivity index (χ2v) is 9.30. The average molecular weight is 458 g/mol. The van der Waals surface area contributed by atoms with E-state index in [0.29, 0.717) is 5.69 Å². The molecule has 9 heteroatoms. The molecule has 0 saturated carbocycles. The lowest BCUT2D eigenvalue weighted by Crippen LogP contribution is -2.45. The van der Waals surface area contributed by atoms with Crippen molar-refractivity contribution in [3.8, 4) is 0 Å². The van der Waals surface area contributed by atoms with Crippen molar-refractivity contribution in [2.45, 2.75) is 38.3 Å². The SMILES string of the molecule is CN(CC(=O)Nc1ccc(C(C)(C)C)cc1)CC(O)(Cn1cncn1)c1ccc(F)cc1F. The number of aromatic nitrogens is 3. The molecule has 176 valence electrons. The summed E-state index contributed by atoms with van der Waals surface area (Å²) < 4.78 is 29.3. The Labute approximate surface area is 192 Å². The van der Waals surface area contributed by atoms with Crippen LogP contribution in [0, 0.1) is 11.6 Å². The maximum Gasteiger partial charge on any atom is 0.238 e. The van der Waals surface area contributed by atoms with Crippen molar-refractivity contribution in [3.63, 3.8) is 0 Å². The van der Waals surface area contributed by atoms with Crippen LogP contribution in [0.2, 0.25) is 0 Å². The highest BCUT2D eigenvalue weighted by Gasteiger charge is 2.35. The summed E-state index contributed by atoms with van der Waals surface area (Å²) in [5.74, 6) is -1.91. The molecule has 33 heavy (non-hydrogen) atoms. The summed E-state index contributed by atoms with van der Waals surface area (Å²) in [6.45, 7) is 6.05. The van der Waals surface area contributed by atoms with E-state index in [1.807, 2.05) is 24.3 Å². The highest BCUT2D eigenvalue weighted by molar-refractivity contribution is 5.92. The topological polar surface area (TPSA) is 83.3 Å². The highest BCUT2D eigenvalue weighted by Crippen LogP contribution is 2.28. The first-order valence-electron chi connectivity index (χ1n) is 10.6. The number of aliphatic hydroxyl groups is 1. The lowest BCUT2D eigenvalue weighted by atomic mass is 9.87. The Bertz CT molecular complexity index is 1080. The van der Waals surface area contributed by atoms with Gasteiger partial charge in [-0.15, -0.1) is 0 Å². The van der Waals surface area contributed by atoms with Gasteiger partial charge in [0.25, 0.3) is 0 Å². The van der Waals surface area contributed by atoms with Crippen LogP contribution in [0.5, 0.6) is 0 Å². The number of hydrogen-bond donors (Lipinski definition) is 2. The molecule has 0 bridgehead atoms. The van der Waals surface area contributed by atoms with E-state index >= 15 is 0 Å². The number of benzene rings is 2. The van der Waals surface area contributed by atoms with Gasteiger partial charge in [0.05, 0.1) is 13.1 Å². The van der Waals surface area contributed by atoms with Gasteiger partial charge in [0, 0.05) is 23.9 Å². The number of hydrogen-bond acceptors (Lipinski definition) is 5. The molecule has 2 aromatic carbocycles. The second-order valence-electron chi connectivity index (χ2n) is 9.30. The van der Waals surface area contributed by atoms with Crippen molar-refractivity contribution in [2.24, 2.45) is 0 Å². The Morgan fingerprint density at radius 2 is 1.85 bits per heavy atom. The molecule has 1 heterocycles. The van der Waals surface area contributed by atoms with Crippen molar-refractivity contribution in [3.05, 3.63) is 77.9 Å². The first-order chi connectivity index (χ1) is 15.5. The maximum absolute atomic E-state index is 14.5. The van der Waals surface area contributed by atoms with Crippen molar-refractivity contribution in [1.82, 2.24) is 19.7 Å². The van der Waals surface area contributed by atoms with E-state index in [-0.39, 0.29) is 36.5 Å². The molecule has 3 rings (SSSR count). The van der Waals surface area contributed by atoms with E-state index in [2.05, 4.69) is 36.2 Å². The van der Waals surface area contributed by atoms with E-state index in [1.54, 1.807) is 11.9 Å². The molecule has 7 nitrogen and oxygen atoms in total. The van der Waals surface area contributed by atoms with Crippen molar-refractivity contribution in [2.75, 3.05) is 25.5 Å². The number of halogens is 2. The van der Waals surface area contributed by atoms with Crippen molar-refractivity contribution < 1.29 is 18.7 Å². The van der Waals surface area contributed by atoms with Crippen LogP contribution in [0.25, 0.3) is 0 Å². The first kappa shape index (κ1) is 24.5.